The van der Waals surface area contributed by atoms with Gasteiger partial charge in [-0.3, -0.25) is 4.79 Å². The maximum absolute atomic E-state index is 12.1. The van der Waals surface area contributed by atoms with Crippen LogP contribution in [0.1, 0.15) is 24.0 Å². The summed E-state index contributed by atoms with van der Waals surface area (Å²) in [6.07, 6.45) is -5.09. The fourth-order valence-corrected chi connectivity index (χ4v) is 2.61. The van der Waals surface area contributed by atoms with Crippen LogP contribution < -0.4 is 4.74 Å². The Bertz CT molecular complexity index is 497. The van der Waals surface area contributed by atoms with Gasteiger partial charge in [-0.05, 0) is 17.7 Å². The number of alkyl halides is 3. The summed E-state index contributed by atoms with van der Waals surface area (Å²) in [4.78, 5) is 11.6. The van der Waals surface area contributed by atoms with Crippen LogP contribution in [0.3, 0.4) is 0 Å². The van der Waals surface area contributed by atoms with Crippen LogP contribution in [-0.4, -0.2) is 18.6 Å². The Balaban J connectivity index is 2.05. The molecule has 1 aliphatic heterocycles. The molecule has 19 heavy (non-hydrogen) atoms. The molecule has 0 amide bonds. The van der Waals surface area contributed by atoms with Crippen LogP contribution in [0.4, 0.5) is 13.2 Å². The second-order valence-electron chi connectivity index (χ2n) is 4.48. The Labute approximate surface area is 117 Å². The van der Waals surface area contributed by atoms with Gasteiger partial charge in [-0.15, -0.1) is 0 Å². The molecule has 0 spiro atoms. The number of Topliss-reactive ketones (excluding diaryl/α,β-unsaturated/α-hetero) is 1. The number of carbonyl (C=O) groups excluding carboxylic acids is 1. The zero-order chi connectivity index (χ0) is 14.0. The first-order chi connectivity index (χ1) is 8.85. The zero-order valence-electron chi connectivity index (χ0n) is 10.0. The average molecular weight is 337 g/mol. The summed E-state index contributed by atoms with van der Waals surface area (Å²) < 4.78 is 42.4. The Hall–Kier alpha value is -1.04. The predicted molar refractivity (Wildman–Crippen MR) is 67.3 cm³/mol. The number of rotatable bonds is 4. The molecule has 0 saturated carbocycles. The highest BCUT2D eigenvalue weighted by Crippen LogP contribution is 2.33. The fraction of sp³-hybridized carbons (Fsp3) is 0.462. The summed E-state index contributed by atoms with van der Waals surface area (Å²) in [5, 5.41) is 0. The maximum atomic E-state index is 12.1. The quantitative estimate of drug-likeness (QED) is 0.835. The second kappa shape index (κ2) is 5.53. The van der Waals surface area contributed by atoms with E-state index in [0.29, 0.717) is 17.9 Å². The minimum Gasteiger partial charge on any atom is -0.493 e. The van der Waals surface area contributed by atoms with Crippen LogP contribution >= 0.6 is 15.9 Å². The third-order valence-electron chi connectivity index (χ3n) is 2.90. The van der Waals surface area contributed by atoms with E-state index in [1.54, 1.807) is 6.07 Å². The molecule has 2 nitrogen and oxygen atoms in total. The number of carbonyl (C=O) groups is 1. The highest BCUT2D eigenvalue weighted by Gasteiger charge is 2.28. The van der Waals surface area contributed by atoms with Crippen LogP contribution in [-0.2, 0) is 17.6 Å². The molecule has 1 aromatic rings. The zero-order valence-corrected chi connectivity index (χ0v) is 11.6. The van der Waals surface area contributed by atoms with Gasteiger partial charge in [0.05, 0.1) is 13.0 Å². The van der Waals surface area contributed by atoms with Gasteiger partial charge in [0.15, 0.2) is 0 Å². The lowest BCUT2D eigenvalue weighted by Crippen LogP contribution is -2.12. The number of halogens is 4. The Morgan fingerprint density at radius 3 is 2.79 bits per heavy atom. The summed E-state index contributed by atoms with van der Waals surface area (Å²) >= 11 is 3.33. The van der Waals surface area contributed by atoms with E-state index < -0.39 is 24.8 Å². The average Bonchev–Trinajstić information content (AvgIpc) is 2.73. The van der Waals surface area contributed by atoms with Gasteiger partial charge in [-0.1, -0.05) is 15.9 Å². The Kier molecular flexibility index (Phi) is 4.18. The number of hydrogen-bond donors (Lipinski definition) is 0. The molecule has 1 aromatic carbocycles. The topological polar surface area (TPSA) is 26.3 Å². The van der Waals surface area contributed by atoms with Gasteiger partial charge >= 0.3 is 6.18 Å². The number of ketones is 1. The highest BCUT2D eigenvalue weighted by molar-refractivity contribution is 9.10. The minimum absolute atomic E-state index is 0.0160. The number of ether oxygens (including phenoxy) is 1. The largest absolute Gasteiger partial charge is 0.493 e. The molecule has 104 valence electrons. The SMILES string of the molecule is O=C(CCC(F)(F)F)Cc1cc(Br)cc2c1OCC2. The van der Waals surface area contributed by atoms with Crippen molar-refractivity contribution in [3.63, 3.8) is 0 Å². The lowest BCUT2D eigenvalue weighted by molar-refractivity contribution is -0.143. The van der Waals surface area contributed by atoms with Crippen molar-refractivity contribution in [1.29, 1.82) is 0 Å². The summed E-state index contributed by atoms with van der Waals surface area (Å²) in [5.41, 5.74) is 1.65. The molecular formula is C13H12BrF3O2. The third-order valence-corrected chi connectivity index (χ3v) is 3.36. The standard InChI is InChI=1S/C13H12BrF3O2/c14-10-5-8-2-4-19-12(8)9(6-10)7-11(18)1-3-13(15,16)17/h5-6H,1-4,7H2. The molecule has 0 bridgehead atoms. The minimum atomic E-state index is -4.29. The van der Waals surface area contributed by atoms with Crippen LogP contribution in [0.25, 0.3) is 0 Å². The molecule has 0 fully saturated rings. The van der Waals surface area contributed by atoms with Crippen LogP contribution in [0.2, 0.25) is 0 Å². The van der Waals surface area contributed by atoms with Gasteiger partial charge in [0.25, 0.3) is 0 Å². The molecule has 2 rings (SSSR count). The van der Waals surface area contributed by atoms with Crippen molar-refractivity contribution >= 4 is 21.7 Å². The fourth-order valence-electron chi connectivity index (χ4n) is 2.06. The van der Waals surface area contributed by atoms with E-state index >= 15 is 0 Å². The van der Waals surface area contributed by atoms with Crippen molar-refractivity contribution in [3.8, 4) is 5.75 Å². The number of hydrogen-bond acceptors (Lipinski definition) is 2. The summed E-state index contributed by atoms with van der Waals surface area (Å²) in [5.74, 6) is 0.233. The van der Waals surface area contributed by atoms with E-state index in [4.69, 9.17) is 4.74 Å². The van der Waals surface area contributed by atoms with E-state index in [2.05, 4.69) is 15.9 Å². The molecule has 0 aliphatic carbocycles. The summed E-state index contributed by atoms with van der Waals surface area (Å²) in [6, 6.07) is 3.64. The predicted octanol–water partition coefficient (Wildman–Crippen LogP) is 3.84. The van der Waals surface area contributed by atoms with Gasteiger partial charge in [0.2, 0.25) is 0 Å². The molecule has 0 unspecified atom stereocenters. The van der Waals surface area contributed by atoms with E-state index in [1.165, 1.54) is 0 Å². The van der Waals surface area contributed by atoms with E-state index in [1.807, 2.05) is 6.07 Å². The molecule has 1 heterocycles. The smallest absolute Gasteiger partial charge is 0.389 e. The van der Waals surface area contributed by atoms with Crippen LogP contribution in [0, 0.1) is 0 Å². The van der Waals surface area contributed by atoms with Crippen molar-refractivity contribution in [3.05, 3.63) is 27.7 Å². The van der Waals surface area contributed by atoms with Crippen molar-refractivity contribution < 1.29 is 22.7 Å². The Morgan fingerprint density at radius 2 is 2.11 bits per heavy atom. The first kappa shape index (κ1) is 14.4. The molecule has 0 radical (unpaired) electrons. The van der Waals surface area contributed by atoms with Gasteiger partial charge in [0.1, 0.15) is 11.5 Å². The van der Waals surface area contributed by atoms with Gasteiger partial charge < -0.3 is 4.74 Å². The molecule has 0 atom stereocenters. The van der Waals surface area contributed by atoms with E-state index in [0.717, 1.165) is 16.5 Å². The second-order valence-corrected chi connectivity index (χ2v) is 5.40. The van der Waals surface area contributed by atoms with Gasteiger partial charge in [-0.25, -0.2) is 0 Å². The summed E-state index contributed by atoms with van der Waals surface area (Å²) in [6.45, 7) is 0.551. The van der Waals surface area contributed by atoms with Crippen molar-refractivity contribution in [2.75, 3.05) is 6.61 Å². The van der Waals surface area contributed by atoms with Gasteiger partial charge in [0, 0.05) is 29.3 Å². The molecule has 0 aromatic heterocycles. The lowest BCUT2D eigenvalue weighted by Gasteiger charge is -2.09. The van der Waals surface area contributed by atoms with E-state index in [-0.39, 0.29) is 6.42 Å². The Morgan fingerprint density at radius 1 is 1.37 bits per heavy atom. The molecule has 6 heteroatoms. The highest BCUT2D eigenvalue weighted by atomic mass is 79.9. The monoisotopic (exact) mass is 336 g/mol. The maximum Gasteiger partial charge on any atom is 0.389 e. The molecular weight excluding hydrogens is 325 g/mol. The first-order valence-electron chi connectivity index (χ1n) is 5.88. The van der Waals surface area contributed by atoms with Crippen molar-refractivity contribution in [2.45, 2.75) is 31.9 Å². The van der Waals surface area contributed by atoms with Crippen LogP contribution in [0.5, 0.6) is 5.75 Å². The third kappa shape index (κ3) is 3.96. The first-order valence-corrected chi connectivity index (χ1v) is 6.67. The number of fused-ring (bicyclic) bond motifs is 1. The van der Waals surface area contributed by atoms with Gasteiger partial charge in [-0.2, -0.15) is 13.2 Å². The number of benzene rings is 1. The molecule has 1 aliphatic rings. The van der Waals surface area contributed by atoms with Crippen LogP contribution in [0.15, 0.2) is 16.6 Å². The lowest BCUT2D eigenvalue weighted by atomic mass is 10.0. The van der Waals surface area contributed by atoms with Crippen molar-refractivity contribution in [1.82, 2.24) is 0 Å². The molecule has 0 N–H and O–H groups in total. The van der Waals surface area contributed by atoms with E-state index in [9.17, 15) is 18.0 Å². The molecule has 0 saturated heterocycles. The summed E-state index contributed by atoms with van der Waals surface area (Å²) in [7, 11) is 0. The normalized spacial score (nSPS) is 14.1. The van der Waals surface area contributed by atoms with Crippen molar-refractivity contribution in [2.24, 2.45) is 0 Å².